The van der Waals surface area contributed by atoms with Crippen LogP contribution in [0.3, 0.4) is 0 Å². The molecule has 1 aromatic heterocycles. The Hall–Kier alpha value is -3.78. The smallest absolute Gasteiger partial charge is 0.128 e. The number of nitrogens with zero attached hydrogens (tertiary/aromatic N) is 2. The van der Waals surface area contributed by atoms with Gasteiger partial charge in [-0.3, -0.25) is 10.4 Å². The zero-order chi connectivity index (χ0) is 19.1. The van der Waals surface area contributed by atoms with Crippen molar-refractivity contribution in [2.45, 2.75) is 6.54 Å². The van der Waals surface area contributed by atoms with Crippen LogP contribution >= 0.6 is 0 Å². The lowest BCUT2D eigenvalue weighted by molar-refractivity contribution is 0.605. The molecule has 0 unspecified atom stereocenters. The maximum atomic E-state index is 13.9. The quantitative estimate of drug-likeness (QED) is 0.647. The normalized spacial score (nSPS) is 10.9. The molecular weight excluding hydrogens is 339 g/mol. The van der Waals surface area contributed by atoms with Crippen molar-refractivity contribution < 1.29 is 4.39 Å². The summed E-state index contributed by atoms with van der Waals surface area (Å²) in [5.74, 6) is -0.288. The van der Waals surface area contributed by atoms with Crippen molar-refractivity contribution in [2.24, 2.45) is 0 Å². The molecule has 0 bridgehead atoms. The van der Waals surface area contributed by atoms with Crippen LogP contribution < -0.4 is 5.32 Å². The van der Waals surface area contributed by atoms with Crippen molar-refractivity contribution in [1.82, 2.24) is 10.3 Å². The molecule has 0 aliphatic carbocycles. The zero-order valence-corrected chi connectivity index (χ0v) is 14.5. The fraction of sp³-hybridized carbons (Fsp3) is 0.0455. The SMILES string of the molecule is N#Cc1ccc(/C(=C/C(=N)c2ccccn2)NCc2ccccc2F)cc1. The molecule has 5 heteroatoms. The first-order valence-corrected chi connectivity index (χ1v) is 8.37. The van der Waals surface area contributed by atoms with E-state index >= 15 is 0 Å². The van der Waals surface area contributed by atoms with E-state index in [9.17, 15) is 4.39 Å². The first-order valence-electron chi connectivity index (χ1n) is 8.37. The molecule has 0 fully saturated rings. The van der Waals surface area contributed by atoms with Gasteiger partial charge in [-0.05, 0) is 42.0 Å². The van der Waals surface area contributed by atoms with Crippen LogP contribution in [0.4, 0.5) is 4.39 Å². The van der Waals surface area contributed by atoms with E-state index in [-0.39, 0.29) is 18.1 Å². The maximum absolute atomic E-state index is 13.9. The van der Waals surface area contributed by atoms with E-state index in [2.05, 4.69) is 16.4 Å². The number of hydrogen-bond donors (Lipinski definition) is 2. The highest BCUT2D eigenvalue weighted by Gasteiger charge is 2.08. The molecule has 0 spiro atoms. The topological polar surface area (TPSA) is 72.6 Å². The summed E-state index contributed by atoms with van der Waals surface area (Å²) in [6.45, 7) is 0.272. The first kappa shape index (κ1) is 18.0. The number of halogens is 1. The second-order valence-corrected chi connectivity index (χ2v) is 5.82. The van der Waals surface area contributed by atoms with Gasteiger partial charge in [0.15, 0.2) is 0 Å². The van der Waals surface area contributed by atoms with E-state index in [4.69, 9.17) is 10.7 Å². The zero-order valence-electron chi connectivity index (χ0n) is 14.5. The number of pyridine rings is 1. The van der Waals surface area contributed by atoms with Crippen molar-refractivity contribution in [1.29, 1.82) is 10.7 Å². The van der Waals surface area contributed by atoms with Crippen molar-refractivity contribution in [3.63, 3.8) is 0 Å². The predicted octanol–water partition coefficient (Wildman–Crippen LogP) is 4.29. The molecule has 1 heterocycles. The van der Waals surface area contributed by atoms with Gasteiger partial charge in [0.25, 0.3) is 0 Å². The molecule has 3 aromatic rings. The van der Waals surface area contributed by atoms with Gasteiger partial charge in [-0.15, -0.1) is 0 Å². The Labute approximate surface area is 157 Å². The van der Waals surface area contributed by atoms with E-state index in [0.29, 0.717) is 22.5 Å². The third kappa shape index (κ3) is 4.65. The van der Waals surface area contributed by atoms with Gasteiger partial charge in [0, 0.05) is 24.0 Å². The number of rotatable bonds is 6. The van der Waals surface area contributed by atoms with Crippen molar-refractivity contribution in [2.75, 3.05) is 0 Å². The maximum Gasteiger partial charge on any atom is 0.128 e. The molecule has 4 nitrogen and oxygen atoms in total. The number of nitrogens with one attached hydrogen (secondary N) is 2. The number of nitriles is 1. The fourth-order valence-corrected chi connectivity index (χ4v) is 2.53. The second-order valence-electron chi connectivity index (χ2n) is 5.82. The largest absolute Gasteiger partial charge is 0.380 e. The molecule has 0 aliphatic rings. The Morgan fingerprint density at radius 3 is 2.48 bits per heavy atom. The van der Waals surface area contributed by atoms with E-state index in [1.165, 1.54) is 6.07 Å². The van der Waals surface area contributed by atoms with E-state index < -0.39 is 0 Å². The van der Waals surface area contributed by atoms with Crippen molar-refractivity contribution in [3.05, 3.63) is 107 Å². The van der Waals surface area contributed by atoms with Gasteiger partial charge >= 0.3 is 0 Å². The molecule has 27 heavy (non-hydrogen) atoms. The number of benzene rings is 2. The van der Waals surface area contributed by atoms with E-state index in [1.807, 2.05) is 6.07 Å². The molecule has 0 aliphatic heterocycles. The van der Waals surface area contributed by atoms with Gasteiger partial charge in [0.05, 0.1) is 23.0 Å². The molecule has 0 saturated heterocycles. The highest BCUT2D eigenvalue weighted by molar-refractivity contribution is 6.08. The highest BCUT2D eigenvalue weighted by atomic mass is 19.1. The molecule has 0 amide bonds. The predicted molar refractivity (Wildman–Crippen MR) is 103 cm³/mol. The number of hydrogen-bond acceptors (Lipinski definition) is 4. The van der Waals surface area contributed by atoms with Gasteiger partial charge in [0.1, 0.15) is 5.82 Å². The van der Waals surface area contributed by atoms with Crippen LogP contribution in [0.5, 0.6) is 0 Å². The summed E-state index contributed by atoms with van der Waals surface area (Å²) >= 11 is 0. The summed E-state index contributed by atoms with van der Waals surface area (Å²) in [7, 11) is 0. The molecule has 2 N–H and O–H groups in total. The molecule has 0 atom stereocenters. The van der Waals surface area contributed by atoms with Crippen LogP contribution in [0.1, 0.15) is 22.4 Å². The Kier molecular flexibility index (Phi) is 5.70. The number of allylic oxidation sites excluding steroid dienone is 1. The van der Waals surface area contributed by atoms with Crippen LogP contribution in [-0.2, 0) is 6.54 Å². The molecule has 3 rings (SSSR count). The fourth-order valence-electron chi connectivity index (χ4n) is 2.53. The third-order valence-corrected chi connectivity index (χ3v) is 3.98. The minimum atomic E-state index is -0.288. The average Bonchev–Trinajstić information content (AvgIpc) is 2.72. The second kappa shape index (κ2) is 8.54. The van der Waals surface area contributed by atoms with Crippen LogP contribution in [0.2, 0.25) is 0 Å². The highest BCUT2D eigenvalue weighted by Crippen LogP contribution is 2.16. The Morgan fingerprint density at radius 1 is 1.07 bits per heavy atom. The van der Waals surface area contributed by atoms with Gasteiger partial charge in [0.2, 0.25) is 0 Å². The monoisotopic (exact) mass is 356 g/mol. The number of aromatic nitrogens is 1. The van der Waals surface area contributed by atoms with Crippen molar-refractivity contribution in [3.8, 4) is 6.07 Å². The first-order chi connectivity index (χ1) is 13.2. The molecule has 132 valence electrons. The lowest BCUT2D eigenvalue weighted by atomic mass is 10.1. The van der Waals surface area contributed by atoms with Gasteiger partial charge < -0.3 is 5.32 Å². The summed E-state index contributed by atoms with van der Waals surface area (Å²) in [4.78, 5) is 4.19. The summed E-state index contributed by atoms with van der Waals surface area (Å²) in [5.41, 5.74) is 3.30. The Balaban J connectivity index is 1.90. The standard InChI is InChI=1S/C22H17FN4/c23-19-6-2-1-5-18(19)15-27-22(17-10-8-16(14-24)9-11-17)13-20(25)21-7-3-4-12-26-21/h1-13,25,27H,15H2/b22-13-,25-20?. The summed E-state index contributed by atoms with van der Waals surface area (Å²) in [6.07, 6.45) is 3.29. The van der Waals surface area contributed by atoms with Gasteiger partial charge in [-0.2, -0.15) is 5.26 Å². The summed E-state index contributed by atoms with van der Waals surface area (Å²) in [6, 6.07) is 21.0. The van der Waals surface area contributed by atoms with E-state index in [1.54, 1.807) is 66.9 Å². The Morgan fingerprint density at radius 2 is 1.81 bits per heavy atom. The molecule has 2 aromatic carbocycles. The lowest BCUT2D eigenvalue weighted by Crippen LogP contribution is -2.15. The Bertz CT molecular complexity index is 1000. The molecular formula is C22H17FN4. The summed E-state index contributed by atoms with van der Waals surface area (Å²) < 4.78 is 13.9. The molecule has 0 radical (unpaired) electrons. The van der Waals surface area contributed by atoms with Crippen LogP contribution in [0.15, 0.2) is 79.0 Å². The van der Waals surface area contributed by atoms with Crippen LogP contribution in [-0.4, -0.2) is 10.7 Å². The van der Waals surface area contributed by atoms with Crippen LogP contribution in [0.25, 0.3) is 5.70 Å². The molecule has 0 saturated carbocycles. The van der Waals surface area contributed by atoms with Crippen molar-refractivity contribution >= 4 is 11.4 Å². The van der Waals surface area contributed by atoms with Crippen LogP contribution in [0, 0.1) is 22.6 Å². The summed E-state index contributed by atoms with van der Waals surface area (Å²) in [5, 5.41) is 20.5. The minimum absolute atomic E-state index is 0.232. The average molecular weight is 356 g/mol. The minimum Gasteiger partial charge on any atom is -0.380 e. The third-order valence-electron chi connectivity index (χ3n) is 3.98. The lowest BCUT2D eigenvalue weighted by Gasteiger charge is -2.13. The van der Waals surface area contributed by atoms with E-state index in [0.717, 1.165) is 5.56 Å². The van der Waals surface area contributed by atoms with Gasteiger partial charge in [-0.1, -0.05) is 36.4 Å². The van der Waals surface area contributed by atoms with Gasteiger partial charge in [-0.25, -0.2) is 4.39 Å².